The van der Waals surface area contributed by atoms with E-state index in [2.05, 4.69) is 81.7 Å². The molecule has 0 fully saturated rings. The van der Waals surface area contributed by atoms with Crippen molar-refractivity contribution in [1.29, 1.82) is 0 Å². The summed E-state index contributed by atoms with van der Waals surface area (Å²) in [6.07, 6.45) is 25.9. The summed E-state index contributed by atoms with van der Waals surface area (Å²) in [7, 11) is 0. The number of rotatable bonds is 6. The summed E-state index contributed by atoms with van der Waals surface area (Å²) in [4.78, 5) is 9.00. The highest BCUT2D eigenvalue weighted by Gasteiger charge is 2.17. The van der Waals surface area contributed by atoms with Crippen LogP contribution < -0.4 is 9.80 Å². The van der Waals surface area contributed by atoms with Gasteiger partial charge in [-0.25, -0.2) is 0 Å². The molecular formula is C35H27N5. The van der Waals surface area contributed by atoms with Crippen LogP contribution in [0.3, 0.4) is 0 Å². The van der Waals surface area contributed by atoms with Crippen molar-refractivity contribution in [2.24, 2.45) is 0 Å². The molecule has 0 bridgehead atoms. The monoisotopic (exact) mass is 517 g/mol. The summed E-state index contributed by atoms with van der Waals surface area (Å²) in [6, 6.07) is 20.4. The molecule has 4 heterocycles. The highest BCUT2D eigenvalue weighted by molar-refractivity contribution is 5.79. The van der Waals surface area contributed by atoms with E-state index in [4.69, 9.17) is 4.98 Å². The molecule has 5 heteroatoms. The predicted octanol–water partition coefficient (Wildman–Crippen LogP) is 8.12. The fourth-order valence-corrected chi connectivity index (χ4v) is 4.79. The molecule has 0 amide bonds. The minimum absolute atomic E-state index is 0.734. The summed E-state index contributed by atoms with van der Waals surface area (Å²) in [6.45, 7) is 7.95. The molecule has 4 aliphatic rings. The Kier molecular flexibility index (Phi) is 6.84. The van der Waals surface area contributed by atoms with Crippen molar-refractivity contribution in [1.82, 2.24) is 15.2 Å². The molecule has 0 atom stereocenters. The number of benzene rings is 2. The quantitative estimate of drug-likeness (QED) is 0.258. The van der Waals surface area contributed by atoms with Crippen LogP contribution in [0.15, 0.2) is 140 Å². The molecule has 0 aliphatic carbocycles. The van der Waals surface area contributed by atoms with Gasteiger partial charge in [-0.1, -0.05) is 73.9 Å². The van der Waals surface area contributed by atoms with Gasteiger partial charge in [-0.3, -0.25) is 4.98 Å². The van der Waals surface area contributed by atoms with Crippen LogP contribution in [0.25, 0.3) is 35.6 Å². The SMILES string of the molecule is C=Cc1ccccc1N1C=CC=C/C1=C\c1ccc2c(/C=C3\C=CC=CN3c3ccccc3C=C)nnc-2cn1. The lowest BCUT2D eigenvalue weighted by Gasteiger charge is -2.25. The van der Waals surface area contributed by atoms with Crippen LogP contribution in [0, 0.1) is 0 Å². The maximum atomic E-state index is 4.73. The van der Waals surface area contributed by atoms with Gasteiger partial charge in [0, 0.05) is 29.4 Å². The topological polar surface area (TPSA) is 45.2 Å². The van der Waals surface area contributed by atoms with Gasteiger partial charge in [-0.05, 0) is 71.8 Å². The molecule has 0 saturated carbocycles. The number of para-hydroxylation sites is 2. The number of nitrogens with zero attached hydrogens (tertiary/aromatic N) is 5. The number of anilines is 2. The third-order valence-electron chi connectivity index (χ3n) is 6.77. The molecular weight excluding hydrogens is 490 g/mol. The smallest absolute Gasteiger partial charge is 0.113 e. The maximum absolute atomic E-state index is 4.73. The average molecular weight is 518 g/mol. The van der Waals surface area contributed by atoms with Crippen molar-refractivity contribution < 1.29 is 0 Å². The second kappa shape index (κ2) is 11.1. The lowest BCUT2D eigenvalue weighted by molar-refractivity contribution is 1.08. The normalized spacial score (nSPS) is 16.3. The Hall–Kier alpha value is -5.55. The Balaban J connectivity index is 1.36. The molecule has 2 aromatic rings. The van der Waals surface area contributed by atoms with E-state index in [-0.39, 0.29) is 0 Å². The van der Waals surface area contributed by atoms with Crippen LogP contribution in [-0.4, -0.2) is 15.2 Å². The van der Waals surface area contributed by atoms with Gasteiger partial charge in [0.2, 0.25) is 0 Å². The van der Waals surface area contributed by atoms with E-state index >= 15 is 0 Å². The molecule has 0 radical (unpaired) electrons. The van der Waals surface area contributed by atoms with Crippen molar-refractivity contribution in [3.8, 4) is 11.3 Å². The van der Waals surface area contributed by atoms with Gasteiger partial charge in [-0.2, -0.15) is 0 Å². The fourth-order valence-electron chi connectivity index (χ4n) is 4.79. The fraction of sp³-hybridized carbons (Fsp3) is 0. The first-order chi connectivity index (χ1) is 19.7. The second-order valence-electron chi connectivity index (χ2n) is 9.21. The third kappa shape index (κ3) is 4.84. The molecule has 0 saturated heterocycles. The summed E-state index contributed by atoms with van der Waals surface area (Å²) >= 11 is 0. The van der Waals surface area contributed by atoms with Gasteiger partial charge in [-0.15, -0.1) is 10.2 Å². The van der Waals surface area contributed by atoms with E-state index < -0.39 is 0 Å². The molecule has 0 N–H and O–H groups in total. The molecule has 5 nitrogen and oxygen atoms in total. The van der Waals surface area contributed by atoms with E-state index in [1.807, 2.05) is 85.3 Å². The summed E-state index contributed by atoms with van der Waals surface area (Å²) in [5.74, 6) is 0. The van der Waals surface area contributed by atoms with Crippen LogP contribution in [0.2, 0.25) is 0 Å². The number of fused-ring (bicyclic) bond motifs is 1. The zero-order valence-electron chi connectivity index (χ0n) is 21.9. The molecule has 0 spiro atoms. The number of allylic oxidation sites excluding steroid dienone is 6. The molecule has 2 aromatic carbocycles. The van der Waals surface area contributed by atoms with E-state index in [9.17, 15) is 0 Å². The van der Waals surface area contributed by atoms with Gasteiger partial charge in [0.05, 0.1) is 29.0 Å². The third-order valence-corrected chi connectivity index (χ3v) is 6.77. The van der Waals surface area contributed by atoms with E-state index in [1.165, 1.54) is 0 Å². The largest absolute Gasteiger partial charge is 0.317 e. The molecule has 6 rings (SSSR count). The van der Waals surface area contributed by atoms with Crippen LogP contribution >= 0.6 is 0 Å². The Morgan fingerprint density at radius 2 is 1.23 bits per heavy atom. The van der Waals surface area contributed by atoms with Crippen molar-refractivity contribution in [2.45, 2.75) is 0 Å². The lowest BCUT2D eigenvalue weighted by Crippen LogP contribution is -2.16. The van der Waals surface area contributed by atoms with E-state index in [1.54, 1.807) is 6.20 Å². The molecule has 0 aromatic heterocycles. The Bertz CT molecular complexity index is 1750. The Labute approximate surface area is 234 Å². The molecule has 192 valence electrons. The van der Waals surface area contributed by atoms with Crippen molar-refractivity contribution in [3.05, 3.63) is 163 Å². The van der Waals surface area contributed by atoms with Gasteiger partial charge in [0.25, 0.3) is 0 Å². The molecule has 0 unspecified atom stereocenters. The van der Waals surface area contributed by atoms with Crippen LogP contribution in [-0.2, 0) is 0 Å². The zero-order valence-corrected chi connectivity index (χ0v) is 21.9. The summed E-state index contributed by atoms with van der Waals surface area (Å²) in [5, 5.41) is 8.91. The summed E-state index contributed by atoms with van der Waals surface area (Å²) < 4.78 is 0. The van der Waals surface area contributed by atoms with Crippen molar-refractivity contribution in [3.63, 3.8) is 0 Å². The standard InChI is InChI=1S/C35H27N5/c1-3-26-13-5-7-17-34(26)39-21-11-9-15-29(39)23-28-19-20-31-32(37-38-33(31)25-36-28)24-30-16-10-12-22-40(30)35-18-8-6-14-27(35)4-2/h3-25H,1-2H2/b29-23+,30-24+. The Morgan fingerprint density at radius 1 is 0.625 bits per heavy atom. The van der Waals surface area contributed by atoms with Gasteiger partial charge < -0.3 is 9.80 Å². The van der Waals surface area contributed by atoms with Gasteiger partial charge in [0.1, 0.15) is 5.69 Å². The molecule has 4 aliphatic heterocycles. The van der Waals surface area contributed by atoms with Gasteiger partial charge in [0.15, 0.2) is 0 Å². The summed E-state index contributed by atoms with van der Waals surface area (Å²) in [5.41, 5.74) is 9.45. The first kappa shape index (κ1) is 24.8. The highest BCUT2D eigenvalue weighted by atomic mass is 15.2. The Morgan fingerprint density at radius 3 is 1.85 bits per heavy atom. The van der Waals surface area contributed by atoms with E-state index in [0.29, 0.717) is 0 Å². The van der Waals surface area contributed by atoms with Crippen molar-refractivity contribution in [2.75, 3.05) is 9.80 Å². The number of hydrogen-bond acceptors (Lipinski definition) is 5. The van der Waals surface area contributed by atoms with Gasteiger partial charge >= 0.3 is 0 Å². The van der Waals surface area contributed by atoms with E-state index in [0.717, 1.165) is 56.5 Å². The number of hydrogen-bond donors (Lipinski definition) is 0. The zero-order chi connectivity index (χ0) is 27.3. The first-order valence-electron chi connectivity index (χ1n) is 13.0. The maximum Gasteiger partial charge on any atom is 0.113 e. The first-order valence-corrected chi connectivity index (χ1v) is 13.0. The van der Waals surface area contributed by atoms with Crippen molar-refractivity contribution >= 4 is 35.7 Å². The minimum atomic E-state index is 0.734. The van der Waals surface area contributed by atoms with Crippen LogP contribution in [0.4, 0.5) is 11.4 Å². The average Bonchev–Trinajstić information content (AvgIpc) is 3.28. The van der Waals surface area contributed by atoms with Crippen LogP contribution in [0.1, 0.15) is 22.5 Å². The highest BCUT2D eigenvalue weighted by Crippen LogP contribution is 2.32. The van der Waals surface area contributed by atoms with Crippen LogP contribution in [0.5, 0.6) is 0 Å². The molecule has 40 heavy (non-hydrogen) atoms. The second-order valence-corrected chi connectivity index (χ2v) is 9.21. The minimum Gasteiger partial charge on any atom is -0.317 e. The predicted molar refractivity (Wildman–Crippen MR) is 167 cm³/mol. The number of aromatic nitrogens is 3. The lowest BCUT2D eigenvalue weighted by atomic mass is 10.1.